The Morgan fingerprint density at radius 3 is 1.81 bits per heavy atom. The number of hydrogen-bond acceptors (Lipinski definition) is 7. The van der Waals surface area contributed by atoms with Crippen LogP contribution in [-0.4, -0.2) is 78.4 Å². The van der Waals surface area contributed by atoms with Gasteiger partial charge in [0.1, 0.15) is 23.7 Å². The molecule has 11 heteroatoms. The van der Waals surface area contributed by atoms with Gasteiger partial charge in [0, 0.05) is 18.9 Å². The minimum absolute atomic E-state index is 0.0288. The summed E-state index contributed by atoms with van der Waals surface area (Å²) >= 11 is 0. The quantitative estimate of drug-likeness (QED) is 0.0865. The van der Waals surface area contributed by atoms with Crippen molar-refractivity contribution in [1.82, 2.24) is 26.6 Å². The van der Waals surface area contributed by atoms with Gasteiger partial charge in [0.15, 0.2) is 5.78 Å². The molecule has 1 aliphatic carbocycles. The highest BCUT2D eigenvalue weighted by molar-refractivity contribution is 5.98. The second-order valence-electron chi connectivity index (χ2n) is 15.5. The molecular formula is C41H59N5O6. The molecule has 5 N–H and O–H groups in total. The number of ether oxygens (including phenoxy) is 1. The number of carbonyl (C=O) groups excluding carboxylic acids is 5. The number of nitrogens with one attached hydrogen (secondary N) is 5. The number of ketones is 1. The van der Waals surface area contributed by atoms with E-state index >= 15 is 0 Å². The summed E-state index contributed by atoms with van der Waals surface area (Å²) in [5.41, 5.74) is 0.941. The molecule has 284 valence electrons. The number of rotatable bonds is 23. The molecule has 2 fully saturated rings. The first-order valence-electron chi connectivity index (χ1n) is 19.0. The van der Waals surface area contributed by atoms with Crippen LogP contribution < -0.4 is 26.6 Å². The van der Waals surface area contributed by atoms with E-state index in [1.165, 1.54) is 12.8 Å². The summed E-state index contributed by atoms with van der Waals surface area (Å²) in [6, 6.07) is 16.0. The van der Waals surface area contributed by atoms with Crippen LogP contribution in [0.25, 0.3) is 0 Å². The Balaban J connectivity index is 1.48. The van der Waals surface area contributed by atoms with Crippen LogP contribution in [0, 0.1) is 11.8 Å². The fourth-order valence-electron chi connectivity index (χ4n) is 6.23. The molecule has 2 aromatic carbocycles. The van der Waals surface area contributed by atoms with Crippen LogP contribution in [0.1, 0.15) is 90.7 Å². The molecule has 0 radical (unpaired) electrons. The highest BCUT2D eigenvalue weighted by Gasteiger charge is 2.50. The van der Waals surface area contributed by atoms with E-state index < -0.39 is 47.5 Å². The van der Waals surface area contributed by atoms with Gasteiger partial charge in [-0.3, -0.25) is 24.0 Å². The van der Waals surface area contributed by atoms with Crippen molar-refractivity contribution < 1.29 is 28.7 Å². The van der Waals surface area contributed by atoms with E-state index in [1.807, 2.05) is 88.4 Å². The molecule has 1 saturated heterocycles. The maximum atomic E-state index is 14.1. The molecule has 0 spiro atoms. The van der Waals surface area contributed by atoms with E-state index in [9.17, 15) is 24.0 Å². The number of aryl methyl sites for hydroxylation is 1. The predicted molar refractivity (Wildman–Crippen MR) is 201 cm³/mol. The second-order valence-corrected chi connectivity index (χ2v) is 15.5. The summed E-state index contributed by atoms with van der Waals surface area (Å²) in [5.74, 6) is -1.70. The molecule has 11 nitrogen and oxygen atoms in total. The number of carbonyl (C=O) groups is 5. The standard InChI is InChI=1S/C41H59N5O6/c1-27(2)23-33(37(48)41(5)26-52-41)44-40(51)35(25-30-15-10-7-11-16-30)46-39(50)34(24-28(3)4)45-38(49)32(21-18-29-13-8-6-9-14-29)43-36(47)17-12-22-42-31-19-20-31/h6-11,13-16,27-28,31-35,42H,12,17-26H2,1-5H3,(H,43,47)(H,44,51)(H,45,49)(H,46,50). The molecule has 1 heterocycles. The van der Waals surface area contributed by atoms with Crippen LogP contribution in [0.2, 0.25) is 0 Å². The average molecular weight is 718 g/mol. The van der Waals surface area contributed by atoms with Crippen LogP contribution in [0.5, 0.6) is 0 Å². The molecule has 0 bridgehead atoms. The molecule has 1 aliphatic heterocycles. The predicted octanol–water partition coefficient (Wildman–Crippen LogP) is 3.78. The van der Waals surface area contributed by atoms with Crippen molar-refractivity contribution in [2.75, 3.05) is 13.2 Å². The zero-order valence-electron chi connectivity index (χ0n) is 31.5. The molecule has 1 saturated carbocycles. The van der Waals surface area contributed by atoms with Crippen molar-refractivity contribution in [3.8, 4) is 0 Å². The lowest BCUT2D eigenvalue weighted by Gasteiger charge is -2.28. The van der Waals surface area contributed by atoms with Gasteiger partial charge >= 0.3 is 0 Å². The summed E-state index contributed by atoms with van der Waals surface area (Å²) in [4.78, 5) is 68.2. The number of benzene rings is 2. The monoisotopic (exact) mass is 717 g/mol. The molecule has 2 aliphatic rings. The lowest BCUT2D eigenvalue weighted by molar-refractivity contribution is -0.135. The maximum absolute atomic E-state index is 14.1. The van der Waals surface area contributed by atoms with Gasteiger partial charge in [-0.25, -0.2) is 0 Å². The smallest absolute Gasteiger partial charge is 0.243 e. The van der Waals surface area contributed by atoms with Crippen LogP contribution in [0.15, 0.2) is 60.7 Å². The second kappa shape index (κ2) is 19.7. The summed E-state index contributed by atoms with van der Waals surface area (Å²) in [7, 11) is 0. The van der Waals surface area contributed by atoms with Gasteiger partial charge in [-0.15, -0.1) is 0 Å². The third kappa shape index (κ3) is 13.8. The normalized spacial score (nSPS) is 18.9. The van der Waals surface area contributed by atoms with Crippen molar-refractivity contribution >= 4 is 29.4 Å². The van der Waals surface area contributed by atoms with E-state index in [4.69, 9.17) is 4.74 Å². The molecule has 0 aromatic heterocycles. The van der Waals surface area contributed by atoms with E-state index in [1.54, 1.807) is 6.92 Å². The first kappa shape index (κ1) is 40.7. The van der Waals surface area contributed by atoms with E-state index in [-0.39, 0.29) is 36.4 Å². The highest BCUT2D eigenvalue weighted by Crippen LogP contribution is 2.29. The molecule has 2 aromatic rings. The fourth-order valence-corrected chi connectivity index (χ4v) is 6.23. The SMILES string of the molecule is CC(C)CC(NC(=O)C(CCc1ccccc1)NC(=O)CCCNC1CC1)C(=O)NC(Cc1ccccc1)C(=O)NC(CC(C)C)C(=O)C1(C)CO1. The van der Waals surface area contributed by atoms with Crippen molar-refractivity contribution in [2.24, 2.45) is 11.8 Å². The zero-order valence-corrected chi connectivity index (χ0v) is 31.5. The number of amides is 4. The molecular weight excluding hydrogens is 658 g/mol. The van der Waals surface area contributed by atoms with E-state index in [2.05, 4.69) is 26.6 Å². The number of hydrogen-bond donors (Lipinski definition) is 5. The van der Waals surface area contributed by atoms with Gasteiger partial charge in [0.05, 0.1) is 12.6 Å². The minimum atomic E-state index is -1.02. The number of epoxide rings is 1. The summed E-state index contributed by atoms with van der Waals surface area (Å²) in [6.45, 7) is 10.6. The van der Waals surface area contributed by atoms with Crippen molar-refractivity contribution in [2.45, 2.75) is 128 Å². The molecule has 5 unspecified atom stereocenters. The summed E-state index contributed by atoms with van der Waals surface area (Å²) < 4.78 is 5.41. The third-order valence-electron chi connectivity index (χ3n) is 9.50. The minimum Gasteiger partial charge on any atom is -0.361 e. The molecule has 52 heavy (non-hydrogen) atoms. The Kier molecular flexibility index (Phi) is 15.4. The Hall–Kier alpha value is -4.09. The van der Waals surface area contributed by atoms with E-state index in [0.29, 0.717) is 44.8 Å². The Morgan fingerprint density at radius 2 is 1.23 bits per heavy atom. The van der Waals surface area contributed by atoms with Crippen molar-refractivity contribution in [3.63, 3.8) is 0 Å². The maximum Gasteiger partial charge on any atom is 0.243 e. The third-order valence-corrected chi connectivity index (χ3v) is 9.50. The number of Topliss-reactive ketones (excluding diaryl/α,β-unsaturated/α-hetero) is 1. The largest absolute Gasteiger partial charge is 0.361 e. The van der Waals surface area contributed by atoms with Gasteiger partial charge in [-0.2, -0.15) is 0 Å². The Bertz CT molecular complexity index is 1480. The van der Waals surface area contributed by atoms with Gasteiger partial charge in [-0.1, -0.05) is 88.4 Å². The van der Waals surface area contributed by atoms with Gasteiger partial charge < -0.3 is 31.3 Å². The topological polar surface area (TPSA) is 158 Å². The summed E-state index contributed by atoms with van der Waals surface area (Å²) in [6.07, 6.45) is 5.12. The van der Waals surface area contributed by atoms with Gasteiger partial charge in [-0.05, 0) is 81.4 Å². The highest BCUT2D eigenvalue weighted by atomic mass is 16.6. The average Bonchev–Trinajstić information content (AvgIpc) is 4.06. The van der Waals surface area contributed by atoms with E-state index in [0.717, 1.165) is 17.7 Å². The first-order valence-corrected chi connectivity index (χ1v) is 19.0. The summed E-state index contributed by atoms with van der Waals surface area (Å²) in [5, 5.41) is 15.1. The van der Waals surface area contributed by atoms with Crippen LogP contribution in [-0.2, 0) is 41.6 Å². The van der Waals surface area contributed by atoms with Crippen LogP contribution in [0.3, 0.4) is 0 Å². The lowest BCUT2D eigenvalue weighted by Crippen LogP contribution is -2.59. The van der Waals surface area contributed by atoms with Crippen molar-refractivity contribution in [1.29, 1.82) is 0 Å². The molecule has 4 amide bonds. The van der Waals surface area contributed by atoms with Gasteiger partial charge in [0.25, 0.3) is 0 Å². The van der Waals surface area contributed by atoms with Crippen LogP contribution >= 0.6 is 0 Å². The van der Waals surface area contributed by atoms with Crippen molar-refractivity contribution in [3.05, 3.63) is 71.8 Å². The zero-order chi connectivity index (χ0) is 37.7. The lowest BCUT2D eigenvalue weighted by atomic mass is 9.93. The molecule has 4 rings (SSSR count). The Morgan fingerprint density at radius 1 is 0.712 bits per heavy atom. The van der Waals surface area contributed by atoms with Crippen LogP contribution in [0.4, 0.5) is 0 Å². The first-order chi connectivity index (χ1) is 24.8. The van der Waals surface area contributed by atoms with Gasteiger partial charge in [0.2, 0.25) is 23.6 Å². The molecule has 5 atom stereocenters. The Labute approximate surface area is 309 Å². The fraction of sp³-hybridized carbons (Fsp3) is 0.585.